The Balaban J connectivity index is 1.06. The number of carbonyl (C=O) groups is 2. The molecule has 0 N–H and O–H groups in total. The molecule has 3 heterocycles. The number of esters is 1. The van der Waals surface area contributed by atoms with Gasteiger partial charge in [0.2, 0.25) is 0 Å². The van der Waals surface area contributed by atoms with Crippen LogP contribution < -0.4 is 9.64 Å². The molecule has 2 aliphatic carbocycles. The van der Waals surface area contributed by atoms with Crippen LogP contribution in [0.1, 0.15) is 59.2 Å². The maximum absolute atomic E-state index is 13.0. The second kappa shape index (κ2) is 10.7. The third-order valence-corrected chi connectivity index (χ3v) is 11.3. The molecular formula is C34H39N3O4S. The molecule has 2 saturated heterocycles. The van der Waals surface area contributed by atoms with Crippen LogP contribution in [0.5, 0.6) is 5.75 Å². The van der Waals surface area contributed by atoms with E-state index in [2.05, 4.69) is 36.3 Å². The second-order valence-corrected chi connectivity index (χ2v) is 13.5. The summed E-state index contributed by atoms with van der Waals surface area (Å²) in [7, 11) is 1.51. The smallest absolute Gasteiger partial charge is 0.309 e. The molecule has 4 unspecified atom stereocenters. The number of nitrogens with zero attached hydrogens (tertiary/aromatic N) is 3. The number of benzene rings is 2. The van der Waals surface area contributed by atoms with Gasteiger partial charge in [-0.3, -0.25) is 9.59 Å². The summed E-state index contributed by atoms with van der Waals surface area (Å²) >= 11 is 1.67. The number of carbonyl (C=O) groups excluding carboxylic acids is 2. The van der Waals surface area contributed by atoms with E-state index in [4.69, 9.17) is 14.5 Å². The van der Waals surface area contributed by atoms with Gasteiger partial charge in [0.15, 0.2) is 5.13 Å². The van der Waals surface area contributed by atoms with Crippen molar-refractivity contribution in [2.24, 2.45) is 23.2 Å². The lowest BCUT2D eigenvalue weighted by Crippen LogP contribution is -2.65. The van der Waals surface area contributed by atoms with Crippen molar-refractivity contribution in [1.82, 2.24) is 9.88 Å². The molecule has 1 amide bonds. The summed E-state index contributed by atoms with van der Waals surface area (Å²) < 4.78 is 11.5. The molecule has 2 saturated carbocycles. The molecule has 7 rings (SSSR count). The van der Waals surface area contributed by atoms with Crippen LogP contribution in [0.4, 0.5) is 5.13 Å². The minimum absolute atomic E-state index is 0.0398. The highest BCUT2D eigenvalue weighted by Crippen LogP contribution is 2.71. The fourth-order valence-electron chi connectivity index (χ4n) is 8.00. The van der Waals surface area contributed by atoms with Gasteiger partial charge in [-0.15, -0.1) is 11.3 Å². The molecule has 2 aliphatic heterocycles. The Bertz CT molecular complexity index is 1530. The molecule has 7 nitrogen and oxygen atoms in total. The van der Waals surface area contributed by atoms with Crippen molar-refractivity contribution in [2.45, 2.75) is 52.6 Å². The fraction of sp³-hybridized carbons (Fsp3) is 0.500. The van der Waals surface area contributed by atoms with Crippen molar-refractivity contribution < 1.29 is 19.1 Å². The number of amides is 1. The average molecular weight is 586 g/mol. The molecule has 4 fully saturated rings. The van der Waals surface area contributed by atoms with Gasteiger partial charge in [0.1, 0.15) is 12.4 Å². The van der Waals surface area contributed by atoms with E-state index in [1.165, 1.54) is 20.0 Å². The summed E-state index contributed by atoms with van der Waals surface area (Å²) in [6.07, 6.45) is 5.72. The highest BCUT2D eigenvalue weighted by Gasteiger charge is 2.72. The quantitative estimate of drug-likeness (QED) is 0.305. The Morgan fingerprint density at radius 2 is 1.90 bits per heavy atom. The molecule has 0 radical (unpaired) electrons. The number of rotatable bonds is 7. The minimum Gasteiger partial charge on any atom is -0.488 e. The summed E-state index contributed by atoms with van der Waals surface area (Å²) in [5.74, 6) is 1.78. The Kier molecular flexibility index (Phi) is 7.00. The molecule has 1 aromatic heterocycles. The van der Waals surface area contributed by atoms with Crippen LogP contribution in [0.2, 0.25) is 0 Å². The number of anilines is 1. The predicted octanol–water partition coefficient (Wildman–Crippen LogP) is 6.27. The predicted molar refractivity (Wildman–Crippen MR) is 164 cm³/mol. The van der Waals surface area contributed by atoms with Gasteiger partial charge in [-0.05, 0) is 98.6 Å². The molecule has 1 spiro atoms. The molecule has 3 aromatic rings. The molecular weight excluding hydrogens is 546 g/mol. The number of aromatic nitrogens is 1. The van der Waals surface area contributed by atoms with E-state index in [0.29, 0.717) is 18.4 Å². The van der Waals surface area contributed by atoms with Gasteiger partial charge in [0.25, 0.3) is 5.91 Å². The van der Waals surface area contributed by atoms with Gasteiger partial charge >= 0.3 is 5.97 Å². The first-order valence-corrected chi connectivity index (χ1v) is 16.2. The summed E-state index contributed by atoms with van der Waals surface area (Å²) in [5, 5.41) is 3.14. The van der Waals surface area contributed by atoms with Crippen LogP contribution in [0.3, 0.4) is 0 Å². The van der Waals surface area contributed by atoms with Gasteiger partial charge < -0.3 is 19.3 Å². The lowest BCUT2D eigenvalue weighted by atomic mass is 9.38. The number of thiazole rings is 1. The number of piperidine rings is 1. The first-order valence-electron chi connectivity index (χ1n) is 15.3. The van der Waals surface area contributed by atoms with Crippen molar-refractivity contribution >= 4 is 28.3 Å². The maximum atomic E-state index is 13.0. The summed E-state index contributed by atoms with van der Waals surface area (Å²) in [6.45, 7) is 8.11. The first-order chi connectivity index (χ1) is 20.4. The van der Waals surface area contributed by atoms with Gasteiger partial charge in [-0.2, -0.15) is 0 Å². The number of hydrogen-bond acceptors (Lipinski definition) is 7. The van der Waals surface area contributed by atoms with Gasteiger partial charge in [0.05, 0.1) is 18.7 Å². The van der Waals surface area contributed by atoms with E-state index in [0.717, 1.165) is 89.8 Å². The average Bonchev–Trinajstić information content (AvgIpc) is 3.64. The van der Waals surface area contributed by atoms with Crippen LogP contribution in [-0.2, 0) is 16.1 Å². The SMILES string of the molecule is COC(=O)C1C2CCC23CN(c2nc(-c4cc(C)ccc4OCc4ccc(C(=O)N5CCCCC5)cc4C)cs2)CC13. The van der Waals surface area contributed by atoms with Gasteiger partial charge in [-0.25, -0.2) is 4.98 Å². The van der Waals surface area contributed by atoms with E-state index in [-0.39, 0.29) is 23.2 Å². The molecule has 42 heavy (non-hydrogen) atoms. The summed E-state index contributed by atoms with van der Waals surface area (Å²) in [5.41, 5.74) is 6.21. The van der Waals surface area contributed by atoms with Crippen molar-refractivity contribution in [2.75, 3.05) is 38.2 Å². The Morgan fingerprint density at radius 1 is 1.07 bits per heavy atom. The third kappa shape index (κ3) is 4.50. The third-order valence-electron chi connectivity index (χ3n) is 10.4. The van der Waals surface area contributed by atoms with Crippen molar-refractivity contribution in [3.8, 4) is 17.0 Å². The topological polar surface area (TPSA) is 72.0 Å². The Hall–Kier alpha value is -3.39. The van der Waals surface area contributed by atoms with Crippen molar-refractivity contribution in [3.05, 3.63) is 64.0 Å². The molecule has 220 valence electrons. The maximum Gasteiger partial charge on any atom is 0.309 e. The Labute approximate surface area is 251 Å². The number of hydrogen-bond donors (Lipinski definition) is 0. The van der Waals surface area contributed by atoms with Gasteiger partial charge in [0, 0.05) is 42.7 Å². The second-order valence-electron chi connectivity index (χ2n) is 12.7. The standard InChI is InChI=1S/C34H39N3O4S/c1-21-7-10-29(41-18-24-9-8-23(16-22(24)2)31(38)36-13-5-4-6-14-36)25(15-21)28-19-42-33(35-28)37-17-27-30(32(39)40-3)26-11-12-34(26,27)20-37/h7-10,15-16,19,26-27,30H,4-6,11-14,17-18,20H2,1-3H3. The highest BCUT2D eigenvalue weighted by atomic mass is 32.1. The van der Waals surface area contributed by atoms with Crippen molar-refractivity contribution in [1.29, 1.82) is 0 Å². The van der Waals surface area contributed by atoms with Crippen LogP contribution in [-0.4, -0.2) is 55.0 Å². The van der Waals surface area contributed by atoms with Crippen molar-refractivity contribution in [3.63, 3.8) is 0 Å². The highest BCUT2D eigenvalue weighted by molar-refractivity contribution is 7.14. The van der Waals surface area contributed by atoms with Crippen LogP contribution >= 0.6 is 11.3 Å². The number of methoxy groups -OCH3 is 1. The van der Waals surface area contributed by atoms with E-state index in [9.17, 15) is 9.59 Å². The lowest BCUT2D eigenvalue weighted by Gasteiger charge is -2.64. The lowest BCUT2D eigenvalue weighted by molar-refractivity contribution is -0.198. The normalized spacial score (nSPS) is 26.1. The zero-order valence-electron chi connectivity index (χ0n) is 24.7. The molecule has 4 atom stereocenters. The van der Waals surface area contributed by atoms with E-state index in [1.54, 1.807) is 11.3 Å². The fourth-order valence-corrected chi connectivity index (χ4v) is 8.84. The van der Waals surface area contributed by atoms with Crippen LogP contribution in [0.25, 0.3) is 11.3 Å². The monoisotopic (exact) mass is 585 g/mol. The number of ether oxygens (including phenoxy) is 2. The molecule has 4 aliphatic rings. The van der Waals surface area contributed by atoms with E-state index < -0.39 is 0 Å². The zero-order valence-corrected chi connectivity index (χ0v) is 25.5. The Morgan fingerprint density at radius 3 is 2.64 bits per heavy atom. The molecule has 0 bridgehead atoms. The largest absolute Gasteiger partial charge is 0.488 e. The van der Waals surface area contributed by atoms with Crippen LogP contribution in [0, 0.1) is 37.0 Å². The summed E-state index contributed by atoms with van der Waals surface area (Å²) in [4.78, 5) is 34.9. The molecule has 8 heteroatoms. The number of likely N-dealkylation sites (tertiary alicyclic amines) is 1. The van der Waals surface area contributed by atoms with Gasteiger partial charge in [-0.1, -0.05) is 17.7 Å². The van der Waals surface area contributed by atoms with E-state index >= 15 is 0 Å². The van der Waals surface area contributed by atoms with E-state index in [1.807, 2.05) is 29.2 Å². The minimum atomic E-state index is -0.0398. The van der Waals surface area contributed by atoms with Crippen LogP contribution in [0.15, 0.2) is 41.8 Å². The first kappa shape index (κ1) is 27.4. The summed E-state index contributed by atoms with van der Waals surface area (Å²) in [6, 6.07) is 12.2. The number of aryl methyl sites for hydroxylation is 2. The zero-order chi connectivity index (χ0) is 29.0. The molecule has 2 aromatic carbocycles.